The molecule has 1 saturated heterocycles. The topological polar surface area (TPSA) is 52.1 Å². The molecule has 6 heteroatoms. The second-order valence-electron chi connectivity index (χ2n) is 4.91. The molecule has 20 heavy (non-hydrogen) atoms. The van der Waals surface area contributed by atoms with Gasteiger partial charge in [-0.1, -0.05) is 13.8 Å². The summed E-state index contributed by atoms with van der Waals surface area (Å²) in [6, 6.07) is 0. The molecule has 0 saturated carbocycles. The molecule has 2 N–H and O–H groups in total. The number of guanidine groups is 1. The molecular formula is C14H31N5O. The van der Waals surface area contributed by atoms with Gasteiger partial charge in [-0.3, -0.25) is 9.89 Å². The Morgan fingerprint density at radius 2 is 1.80 bits per heavy atom. The molecule has 0 aromatic rings. The molecule has 118 valence electrons. The molecule has 0 amide bonds. The van der Waals surface area contributed by atoms with Crippen molar-refractivity contribution in [2.24, 2.45) is 4.99 Å². The van der Waals surface area contributed by atoms with Crippen molar-refractivity contribution in [2.75, 3.05) is 72.6 Å². The minimum Gasteiger partial charge on any atom is -0.379 e. The molecule has 1 fully saturated rings. The van der Waals surface area contributed by atoms with Gasteiger partial charge in [-0.2, -0.15) is 0 Å². The molecule has 0 unspecified atom stereocenters. The van der Waals surface area contributed by atoms with Gasteiger partial charge < -0.3 is 20.3 Å². The lowest BCUT2D eigenvalue weighted by Crippen LogP contribution is -2.45. The lowest BCUT2D eigenvalue weighted by atomic mass is 10.4. The van der Waals surface area contributed by atoms with Crippen molar-refractivity contribution in [3.8, 4) is 0 Å². The highest BCUT2D eigenvalue weighted by atomic mass is 16.5. The van der Waals surface area contributed by atoms with Crippen LogP contribution in [-0.2, 0) is 4.74 Å². The van der Waals surface area contributed by atoms with Crippen molar-refractivity contribution >= 4 is 5.96 Å². The van der Waals surface area contributed by atoms with E-state index in [9.17, 15) is 0 Å². The summed E-state index contributed by atoms with van der Waals surface area (Å²) in [5.41, 5.74) is 0. The summed E-state index contributed by atoms with van der Waals surface area (Å²) in [4.78, 5) is 9.07. The van der Waals surface area contributed by atoms with Crippen LogP contribution in [0.4, 0.5) is 0 Å². The third kappa shape index (κ3) is 7.07. The number of rotatable bonds is 8. The molecular weight excluding hydrogens is 254 g/mol. The van der Waals surface area contributed by atoms with Crippen LogP contribution in [0.3, 0.4) is 0 Å². The van der Waals surface area contributed by atoms with Gasteiger partial charge >= 0.3 is 0 Å². The lowest BCUT2D eigenvalue weighted by molar-refractivity contribution is 0.0389. The molecule has 0 atom stereocenters. The molecule has 6 nitrogen and oxygen atoms in total. The lowest BCUT2D eigenvalue weighted by Gasteiger charge is -2.26. The number of morpholine rings is 1. The van der Waals surface area contributed by atoms with Crippen LogP contribution >= 0.6 is 0 Å². The minimum absolute atomic E-state index is 0.858. The first-order valence-electron chi connectivity index (χ1n) is 7.77. The van der Waals surface area contributed by atoms with Crippen LogP contribution in [0, 0.1) is 0 Å². The van der Waals surface area contributed by atoms with E-state index >= 15 is 0 Å². The van der Waals surface area contributed by atoms with E-state index < -0.39 is 0 Å². The third-order valence-corrected chi connectivity index (χ3v) is 3.66. The van der Waals surface area contributed by atoms with Gasteiger partial charge in [0.05, 0.1) is 13.2 Å². The van der Waals surface area contributed by atoms with E-state index in [1.807, 2.05) is 7.05 Å². The van der Waals surface area contributed by atoms with Gasteiger partial charge in [-0.05, 0) is 13.1 Å². The number of ether oxygens (including phenoxy) is 1. The van der Waals surface area contributed by atoms with Crippen LogP contribution in [-0.4, -0.2) is 88.4 Å². The van der Waals surface area contributed by atoms with E-state index in [0.717, 1.165) is 71.5 Å². The Morgan fingerprint density at radius 1 is 1.15 bits per heavy atom. The predicted octanol–water partition coefficient (Wildman–Crippen LogP) is -0.175. The second-order valence-corrected chi connectivity index (χ2v) is 4.91. The minimum atomic E-state index is 0.858. The molecule has 1 heterocycles. The molecule has 0 radical (unpaired) electrons. The summed E-state index contributed by atoms with van der Waals surface area (Å²) in [7, 11) is 1.82. The van der Waals surface area contributed by atoms with Gasteiger partial charge in [-0.15, -0.1) is 0 Å². The molecule has 1 aliphatic heterocycles. The van der Waals surface area contributed by atoms with Crippen LogP contribution in [0.25, 0.3) is 0 Å². The fourth-order valence-electron chi connectivity index (χ4n) is 2.25. The van der Waals surface area contributed by atoms with Crippen LogP contribution in [0.15, 0.2) is 4.99 Å². The summed E-state index contributed by atoms with van der Waals surface area (Å²) in [6.45, 7) is 14.3. The predicted molar refractivity (Wildman–Crippen MR) is 84.4 cm³/mol. The van der Waals surface area contributed by atoms with Gasteiger partial charge in [0.2, 0.25) is 0 Å². The van der Waals surface area contributed by atoms with Crippen molar-refractivity contribution in [1.82, 2.24) is 20.4 Å². The zero-order valence-corrected chi connectivity index (χ0v) is 13.3. The molecule has 0 aliphatic carbocycles. The van der Waals surface area contributed by atoms with E-state index in [2.05, 4.69) is 39.3 Å². The summed E-state index contributed by atoms with van der Waals surface area (Å²) in [5.74, 6) is 0.894. The monoisotopic (exact) mass is 285 g/mol. The van der Waals surface area contributed by atoms with Gasteiger partial charge in [0, 0.05) is 46.3 Å². The van der Waals surface area contributed by atoms with E-state index in [4.69, 9.17) is 4.74 Å². The molecule has 0 bridgehead atoms. The van der Waals surface area contributed by atoms with Crippen molar-refractivity contribution in [3.63, 3.8) is 0 Å². The highest BCUT2D eigenvalue weighted by molar-refractivity contribution is 5.79. The Kier molecular flexibility index (Phi) is 9.36. The van der Waals surface area contributed by atoms with Crippen LogP contribution in [0.2, 0.25) is 0 Å². The Hall–Kier alpha value is -0.850. The Balaban J connectivity index is 2.09. The standard InChI is InChI=1S/C14H31N5O/c1-4-18(5-2)8-6-16-14(15-3)17-7-9-19-10-12-20-13-11-19/h4-13H2,1-3H3,(H2,15,16,17). The van der Waals surface area contributed by atoms with E-state index in [-0.39, 0.29) is 0 Å². The normalized spacial score (nSPS) is 17.5. The van der Waals surface area contributed by atoms with Crippen molar-refractivity contribution in [3.05, 3.63) is 0 Å². The highest BCUT2D eigenvalue weighted by Gasteiger charge is 2.09. The van der Waals surface area contributed by atoms with Gasteiger partial charge in [0.25, 0.3) is 0 Å². The van der Waals surface area contributed by atoms with E-state index in [1.54, 1.807) is 0 Å². The Labute approximate surface area is 123 Å². The number of likely N-dealkylation sites (N-methyl/N-ethyl adjacent to an activating group) is 1. The Bertz CT molecular complexity index is 262. The largest absolute Gasteiger partial charge is 0.379 e. The first kappa shape index (κ1) is 17.2. The average Bonchev–Trinajstić information content (AvgIpc) is 2.51. The van der Waals surface area contributed by atoms with Crippen LogP contribution in [0.1, 0.15) is 13.8 Å². The Morgan fingerprint density at radius 3 is 2.40 bits per heavy atom. The smallest absolute Gasteiger partial charge is 0.191 e. The van der Waals surface area contributed by atoms with Gasteiger partial charge in [0.1, 0.15) is 0 Å². The maximum Gasteiger partial charge on any atom is 0.191 e. The fraction of sp³-hybridized carbons (Fsp3) is 0.929. The quantitative estimate of drug-likeness (QED) is 0.479. The van der Waals surface area contributed by atoms with E-state index in [1.165, 1.54) is 0 Å². The van der Waals surface area contributed by atoms with E-state index in [0.29, 0.717) is 0 Å². The average molecular weight is 285 g/mol. The highest BCUT2D eigenvalue weighted by Crippen LogP contribution is 1.94. The number of hydrogen-bond donors (Lipinski definition) is 2. The van der Waals surface area contributed by atoms with Crippen LogP contribution < -0.4 is 10.6 Å². The zero-order valence-electron chi connectivity index (χ0n) is 13.3. The number of aliphatic imine (C=N–C) groups is 1. The summed E-state index contributed by atoms with van der Waals surface area (Å²) in [5, 5.41) is 6.72. The van der Waals surface area contributed by atoms with Crippen LogP contribution in [0.5, 0.6) is 0 Å². The zero-order chi connectivity index (χ0) is 14.6. The maximum absolute atomic E-state index is 5.34. The maximum atomic E-state index is 5.34. The first-order chi connectivity index (χ1) is 9.80. The number of nitrogens with one attached hydrogen (secondary N) is 2. The summed E-state index contributed by atoms with van der Waals surface area (Å²) < 4.78 is 5.34. The fourth-order valence-corrected chi connectivity index (χ4v) is 2.25. The molecule has 0 aromatic heterocycles. The molecule has 0 aromatic carbocycles. The summed E-state index contributed by atoms with van der Waals surface area (Å²) in [6.07, 6.45) is 0. The summed E-state index contributed by atoms with van der Waals surface area (Å²) >= 11 is 0. The molecule has 1 rings (SSSR count). The second kappa shape index (κ2) is 10.9. The van der Waals surface area contributed by atoms with Gasteiger partial charge in [0.15, 0.2) is 5.96 Å². The van der Waals surface area contributed by atoms with Crippen molar-refractivity contribution in [2.45, 2.75) is 13.8 Å². The van der Waals surface area contributed by atoms with Crippen molar-refractivity contribution < 1.29 is 4.74 Å². The SMILES string of the molecule is CCN(CC)CCNC(=NC)NCCN1CCOCC1. The first-order valence-corrected chi connectivity index (χ1v) is 7.77. The molecule has 1 aliphatic rings. The van der Waals surface area contributed by atoms with Gasteiger partial charge in [-0.25, -0.2) is 0 Å². The molecule has 0 spiro atoms. The number of nitrogens with zero attached hydrogens (tertiary/aromatic N) is 3. The third-order valence-electron chi connectivity index (χ3n) is 3.66. The van der Waals surface area contributed by atoms with Crippen molar-refractivity contribution in [1.29, 1.82) is 0 Å². The number of hydrogen-bond acceptors (Lipinski definition) is 4.